The van der Waals surface area contributed by atoms with Crippen LogP contribution >= 0.6 is 15.9 Å². The molecule has 2 aliphatic rings. The second-order valence-electron chi connectivity index (χ2n) is 5.99. The van der Waals surface area contributed by atoms with Crippen LogP contribution in [0.4, 0.5) is 0 Å². The van der Waals surface area contributed by atoms with Gasteiger partial charge in [0.05, 0.1) is 37.4 Å². The minimum absolute atomic E-state index is 0.0747. The van der Waals surface area contributed by atoms with Crippen LogP contribution in [0.15, 0.2) is 33.9 Å². The van der Waals surface area contributed by atoms with Crippen molar-refractivity contribution in [1.29, 1.82) is 0 Å². The van der Waals surface area contributed by atoms with Crippen LogP contribution in [-0.4, -0.2) is 60.6 Å². The van der Waals surface area contributed by atoms with Gasteiger partial charge in [-0.1, -0.05) is 22.0 Å². The average molecular weight is 391 g/mol. The van der Waals surface area contributed by atoms with Crippen molar-refractivity contribution in [3.63, 3.8) is 0 Å². The first kappa shape index (κ1) is 15.7. The van der Waals surface area contributed by atoms with E-state index in [0.717, 1.165) is 39.9 Å². The van der Waals surface area contributed by atoms with Gasteiger partial charge in [0.2, 0.25) is 0 Å². The Kier molecular flexibility index (Phi) is 4.28. The van der Waals surface area contributed by atoms with Crippen molar-refractivity contribution in [1.82, 2.24) is 14.8 Å². The highest BCUT2D eigenvalue weighted by Gasteiger charge is 2.23. The number of nitrogens with zero attached hydrogens (tertiary/aromatic N) is 3. The predicted octanol–water partition coefficient (Wildman–Crippen LogP) is 1.88. The lowest BCUT2D eigenvalue weighted by atomic mass is 10.1. The number of benzene rings is 1. The maximum Gasteiger partial charge on any atom is 0.256 e. The number of halogens is 1. The molecule has 0 unspecified atom stereocenters. The molecule has 1 N–H and O–H groups in total. The normalized spacial score (nSPS) is 17.9. The number of nitrogens with one attached hydrogen (secondary N) is 1. The number of carbonyl (C=O) groups excluding carboxylic acids is 1. The number of hydrogen-bond acceptors (Lipinski definition) is 4. The molecular formula is C17H19BrN4O2. The van der Waals surface area contributed by atoms with E-state index in [-0.39, 0.29) is 5.91 Å². The molecule has 1 aromatic heterocycles. The third-order valence-electron chi connectivity index (χ3n) is 4.44. The zero-order valence-corrected chi connectivity index (χ0v) is 14.9. The fourth-order valence-electron chi connectivity index (χ4n) is 3.22. The maximum atomic E-state index is 12.9. The first-order valence-electron chi connectivity index (χ1n) is 8.15. The van der Waals surface area contributed by atoms with Gasteiger partial charge in [0.1, 0.15) is 5.84 Å². The number of amidine groups is 1. The fourth-order valence-corrected chi connectivity index (χ4v) is 3.57. The lowest BCUT2D eigenvalue weighted by Crippen LogP contribution is -2.40. The molecule has 0 saturated carbocycles. The summed E-state index contributed by atoms with van der Waals surface area (Å²) in [5, 5.41) is 4.27. The molecule has 126 valence electrons. The maximum absolute atomic E-state index is 12.9. The molecule has 7 heteroatoms. The summed E-state index contributed by atoms with van der Waals surface area (Å²) >= 11 is 3.53. The molecule has 2 aliphatic heterocycles. The van der Waals surface area contributed by atoms with Gasteiger partial charge in [0.15, 0.2) is 0 Å². The Morgan fingerprint density at radius 2 is 2.17 bits per heavy atom. The molecule has 0 atom stereocenters. The molecule has 1 fully saturated rings. The Balaban J connectivity index is 1.73. The lowest BCUT2D eigenvalue weighted by Gasteiger charge is -2.26. The third-order valence-corrected chi connectivity index (χ3v) is 4.93. The van der Waals surface area contributed by atoms with Crippen LogP contribution in [-0.2, 0) is 11.3 Å². The van der Waals surface area contributed by atoms with Crippen LogP contribution in [0.1, 0.15) is 10.4 Å². The Hall–Kier alpha value is -1.86. The van der Waals surface area contributed by atoms with Crippen molar-refractivity contribution >= 4 is 38.6 Å². The largest absolute Gasteiger partial charge is 0.378 e. The summed E-state index contributed by atoms with van der Waals surface area (Å²) in [5.41, 5.74) is 1.79. The summed E-state index contributed by atoms with van der Waals surface area (Å²) in [6, 6.07) is 6.04. The molecule has 4 rings (SSSR count). The van der Waals surface area contributed by atoms with Gasteiger partial charge in [0.25, 0.3) is 5.91 Å². The molecule has 0 aliphatic carbocycles. The van der Waals surface area contributed by atoms with Crippen LogP contribution in [0.25, 0.3) is 10.9 Å². The van der Waals surface area contributed by atoms with Crippen LogP contribution in [0, 0.1) is 0 Å². The van der Waals surface area contributed by atoms with Gasteiger partial charge in [-0.3, -0.25) is 9.79 Å². The standard InChI is InChI=1S/C17H19BrN4O2/c18-12-1-2-13-14(17(23)21-5-7-24-8-6-21)10-22(15(13)9-12)11-16-19-3-4-20-16/h1-2,9-10H,3-8,11H2,(H,19,20). The van der Waals surface area contributed by atoms with Crippen molar-refractivity contribution in [3.8, 4) is 0 Å². The van der Waals surface area contributed by atoms with Crippen LogP contribution in [0.2, 0.25) is 0 Å². The summed E-state index contributed by atoms with van der Waals surface area (Å²) in [4.78, 5) is 19.3. The zero-order chi connectivity index (χ0) is 16.5. The first-order valence-corrected chi connectivity index (χ1v) is 8.94. The Labute approximate surface area is 148 Å². The van der Waals surface area contributed by atoms with E-state index >= 15 is 0 Å². The minimum Gasteiger partial charge on any atom is -0.378 e. The van der Waals surface area contributed by atoms with Crippen molar-refractivity contribution in [2.24, 2.45) is 4.99 Å². The van der Waals surface area contributed by atoms with E-state index in [0.29, 0.717) is 32.8 Å². The first-order chi connectivity index (χ1) is 11.7. The molecule has 24 heavy (non-hydrogen) atoms. The van der Waals surface area contributed by atoms with Gasteiger partial charge in [0, 0.05) is 35.7 Å². The number of aromatic nitrogens is 1. The van der Waals surface area contributed by atoms with Crippen LogP contribution in [0.5, 0.6) is 0 Å². The molecule has 1 aromatic carbocycles. The van der Waals surface area contributed by atoms with Gasteiger partial charge < -0.3 is 19.5 Å². The molecule has 0 bridgehead atoms. The fraction of sp³-hybridized carbons (Fsp3) is 0.412. The molecule has 3 heterocycles. The van der Waals surface area contributed by atoms with Crippen LogP contribution in [0.3, 0.4) is 0 Å². The molecule has 1 amide bonds. The lowest BCUT2D eigenvalue weighted by molar-refractivity contribution is 0.0304. The molecule has 6 nitrogen and oxygen atoms in total. The number of ether oxygens (including phenoxy) is 1. The number of rotatable bonds is 3. The highest BCUT2D eigenvalue weighted by atomic mass is 79.9. The SMILES string of the molecule is O=C(c1cn(CC2=NCCN2)c2cc(Br)ccc12)N1CCOCC1. The Bertz CT molecular complexity index is 808. The van der Waals surface area contributed by atoms with Gasteiger partial charge in [-0.2, -0.15) is 0 Å². The quantitative estimate of drug-likeness (QED) is 0.870. The number of hydrogen-bond donors (Lipinski definition) is 1. The van der Waals surface area contributed by atoms with E-state index in [1.807, 2.05) is 23.2 Å². The topological polar surface area (TPSA) is 58.9 Å². The van der Waals surface area contributed by atoms with Crippen LogP contribution < -0.4 is 5.32 Å². The third kappa shape index (κ3) is 2.93. The number of fused-ring (bicyclic) bond motifs is 1. The van der Waals surface area contributed by atoms with Crippen molar-refractivity contribution in [2.45, 2.75) is 6.54 Å². The number of carbonyl (C=O) groups is 1. The summed E-state index contributed by atoms with van der Waals surface area (Å²) < 4.78 is 8.46. The van der Waals surface area contributed by atoms with Gasteiger partial charge in [-0.05, 0) is 12.1 Å². The molecule has 0 radical (unpaired) electrons. The monoisotopic (exact) mass is 390 g/mol. The average Bonchev–Trinajstić information content (AvgIpc) is 3.24. The van der Waals surface area contributed by atoms with Gasteiger partial charge in [-0.25, -0.2) is 0 Å². The number of amides is 1. The molecule has 1 saturated heterocycles. The summed E-state index contributed by atoms with van der Waals surface area (Å²) in [5.74, 6) is 1.04. The molecule has 0 spiro atoms. The summed E-state index contributed by atoms with van der Waals surface area (Å²) in [6.07, 6.45) is 1.96. The second kappa shape index (κ2) is 6.57. The van der Waals surface area contributed by atoms with Crippen molar-refractivity contribution in [3.05, 3.63) is 34.4 Å². The summed E-state index contributed by atoms with van der Waals surface area (Å²) in [6.45, 7) is 4.87. The van der Waals surface area contributed by atoms with E-state index in [9.17, 15) is 4.79 Å². The molecular weight excluding hydrogens is 372 g/mol. The highest BCUT2D eigenvalue weighted by Crippen LogP contribution is 2.26. The molecule has 2 aromatic rings. The summed E-state index contributed by atoms with van der Waals surface area (Å²) in [7, 11) is 0. The van der Waals surface area contributed by atoms with Crippen molar-refractivity contribution in [2.75, 3.05) is 39.4 Å². The van der Waals surface area contributed by atoms with E-state index < -0.39 is 0 Å². The number of morpholine rings is 1. The minimum atomic E-state index is 0.0747. The van der Waals surface area contributed by atoms with E-state index in [4.69, 9.17) is 4.74 Å². The smallest absolute Gasteiger partial charge is 0.256 e. The highest BCUT2D eigenvalue weighted by molar-refractivity contribution is 9.10. The Morgan fingerprint density at radius 3 is 2.92 bits per heavy atom. The number of aliphatic imine (C=N–C) groups is 1. The van der Waals surface area contributed by atoms with Gasteiger partial charge >= 0.3 is 0 Å². The van der Waals surface area contributed by atoms with Crippen molar-refractivity contribution < 1.29 is 9.53 Å². The van der Waals surface area contributed by atoms with E-state index in [1.54, 1.807) is 0 Å². The van der Waals surface area contributed by atoms with E-state index in [1.165, 1.54) is 0 Å². The predicted molar refractivity (Wildman–Crippen MR) is 96.7 cm³/mol. The zero-order valence-electron chi connectivity index (χ0n) is 13.3. The van der Waals surface area contributed by atoms with Gasteiger partial charge in [-0.15, -0.1) is 0 Å². The second-order valence-corrected chi connectivity index (χ2v) is 6.91. The Morgan fingerprint density at radius 1 is 1.33 bits per heavy atom. The van der Waals surface area contributed by atoms with E-state index in [2.05, 4.69) is 36.9 Å².